The molecule has 0 radical (unpaired) electrons. The van der Waals surface area contributed by atoms with Crippen molar-refractivity contribution in [3.8, 4) is 11.1 Å². The molecule has 0 aliphatic heterocycles. The lowest BCUT2D eigenvalue weighted by atomic mass is 10.1. The lowest BCUT2D eigenvalue weighted by Crippen LogP contribution is -2.30. The van der Waals surface area contributed by atoms with Gasteiger partial charge in [-0.05, 0) is 37.3 Å². The molecule has 0 aliphatic rings. The number of halogens is 1. The zero-order chi connectivity index (χ0) is 21.1. The van der Waals surface area contributed by atoms with Crippen LogP contribution in [0.15, 0.2) is 43.0 Å². The van der Waals surface area contributed by atoms with E-state index in [-0.39, 0.29) is 12.1 Å². The standard InChI is InChI=1S/C19H20ClN9O/c1-12(2)29-26-16(25-27-29)5-6-22-19(30)24-17-11-28-10-13(3-4-18(28)23-17)14-7-15(20)9-21-8-14/h3-4,7-12H,5-6H2,1-2H3,(H2,22,24,30). The van der Waals surface area contributed by atoms with Crippen LogP contribution < -0.4 is 10.6 Å². The van der Waals surface area contributed by atoms with Crippen molar-refractivity contribution >= 4 is 29.1 Å². The number of nitrogens with one attached hydrogen (secondary N) is 2. The summed E-state index contributed by atoms with van der Waals surface area (Å²) in [5.41, 5.74) is 2.54. The summed E-state index contributed by atoms with van der Waals surface area (Å²) < 4.78 is 1.83. The summed E-state index contributed by atoms with van der Waals surface area (Å²) in [4.78, 5) is 22.2. The summed E-state index contributed by atoms with van der Waals surface area (Å²) in [5.74, 6) is 1.03. The summed E-state index contributed by atoms with van der Waals surface area (Å²) >= 11 is 6.02. The molecule has 4 aromatic heterocycles. The van der Waals surface area contributed by atoms with Crippen molar-refractivity contribution < 1.29 is 4.79 Å². The van der Waals surface area contributed by atoms with Crippen LogP contribution in [-0.4, -0.2) is 47.2 Å². The van der Waals surface area contributed by atoms with E-state index in [0.29, 0.717) is 35.3 Å². The minimum Gasteiger partial charge on any atom is -0.337 e. The molecule has 0 spiro atoms. The first-order valence-corrected chi connectivity index (χ1v) is 9.78. The Morgan fingerprint density at radius 2 is 2.07 bits per heavy atom. The zero-order valence-corrected chi connectivity index (χ0v) is 17.2. The zero-order valence-electron chi connectivity index (χ0n) is 16.4. The van der Waals surface area contributed by atoms with Crippen LogP contribution in [0.1, 0.15) is 25.7 Å². The number of pyridine rings is 2. The molecular weight excluding hydrogens is 406 g/mol. The Labute approximate surface area is 177 Å². The van der Waals surface area contributed by atoms with Gasteiger partial charge >= 0.3 is 6.03 Å². The molecule has 4 rings (SSSR count). The molecule has 2 amide bonds. The number of nitrogens with zero attached hydrogens (tertiary/aromatic N) is 7. The maximum absolute atomic E-state index is 12.2. The molecule has 0 fully saturated rings. The number of fused-ring (bicyclic) bond motifs is 1. The van der Waals surface area contributed by atoms with E-state index in [4.69, 9.17) is 11.6 Å². The van der Waals surface area contributed by atoms with Crippen molar-refractivity contribution in [2.75, 3.05) is 11.9 Å². The average Bonchev–Trinajstić information content (AvgIpc) is 3.34. The Morgan fingerprint density at radius 1 is 1.20 bits per heavy atom. The molecule has 0 aromatic carbocycles. The first-order valence-electron chi connectivity index (χ1n) is 9.41. The number of carbonyl (C=O) groups is 1. The summed E-state index contributed by atoms with van der Waals surface area (Å²) in [6.07, 6.45) is 7.46. The van der Waals surface area contributed by atoms with Gasteiger partial charge in [0, 0.05) is 42.7 Å². The van der Waals surface area contributed by atoms with Crippen LogP contribution in [-0.2, 0) is 6.42 Å². The molecule has 0 saturated carbocycles. The summed E-state index contributed by atoms with van der Waals surface area (Å²) in [6, 6.07) is 5.43. The Hall–Kier alpha value is -3.53. The molecule has 154 valence electrons. The van der Waals surface area contributed by atoms with Gasteiger partial charge in [0.05, 0.1) is 17.3 Å². The monoisotopic (exact) mass is 425 g/mol. The van der Waals surface area contributed by atoms with Gasteiger partial charge < -0.3 is 9.72 Å². The smallest absolute Gasteiger partial charge is 0.320 e. The third-order valence-electron chi connectivity index (χ3n) is 4.30. The van der Waals surface area contributed by atoms with Crippen LogP contribution in [0.2, 0.25) is 5.02 Å². The minimum atomic E-state index is -0.353. The van der Waals surface area contributed by atoms with Gasteiger partial charge in [-0.2, -0.15) is 4.80 Å². The third-order valence-corrected chi connectivity index (χ3v) is 4.50. The number of imidazole rings is 1. The first-order chi connectivity index (χ1) is 14.5. The molecule has 0 atom stereocenters. The average molecular weight is 426 g/mol. The first kappa shape index (κ1) is 19.8. The number of tetrazole rings is 1. The van der Waals surface area contributed by atoms with Crippen LogP contribution in [0.3, 0.4) is 0 Å². The summed E-state index contributed by atoms with van der Waals surface area (Å²) in [7, 11) is 0. The van der Waals surface area contributed by atoms with E-state index in [1.54, 1.807) is 23.4 Å². The Kier molecular flexibility index (Phi) is 5.57. The molecule has 4 aromatic rings. The second-order valence-electron chi connectivity index (χ2n) is 6.95. The van der Waals surface area contributed by atoms with Crippen molar-refractivity contribution in [1.29, 1.82) is 0 Å². The van der Waals surface area contributed by atoms with Crippen molar-refractivity contribution in [3.63, 3.8) is 0 Å². The molecule has 0 saturated heterocycles. The summed E-state index contributed by atoms with van der Waals surface area (Å²) in [5, 5.41) is 18.2. The SMILES string of the molecule is CC(C)n1nnc(CCNC(=O)Nc2cn3cc(-c4cncc(Cl)c4)ccc3n2)n1. The van der Waals surface area contributed by atoms with E-state index >= 15 is 0 Å². The van der Waals surface area contributed by atoms with Crippen molar-refractivity contribution in [2.24, 2.45) is 0 Å². The van der Waals surface area contributed by atoms with Gasteiger partial charge in [-0.3, -0.25) is 10.3 Å². The maximum Gasteiger partial charge on any atom is 0.320 e. The van der Waals surface area contributed by atoms with Gasteiger partial charge in [0.1, 0.15) is 5.65 Å². The second-order valence-corrected chi connectivity index (χ2v) is 7.39. The van der Waals surface area contributed by atoms with Gasteiger partial charge in [-0.1, -0.05) is 11.6 Å². The fraction of sp³-hybridized carbons (Fsp3) is 0.263. The molecule has 0 bridgehead atoms. The highest BCUT2D eigenvalue weighted by Crippen LogP contribution is 2.22. The lowest BCUT2D eigenvalue weighted by Gasteiger charge is -2.03. The Bertz CT molecular complexity index is 1180. The highest BCUT2D eigenvalue weighted by atomic mass is 35.5. The number of anilines is 1. The van der Waals surface area contributed by atoms with Gasteiger partial charge in [0.15, 0.2) is 11.6 Å². The number of rotatable bonds is 6. The number of aromatic nitrogens is 7. The van der Waals surface area contributed by atoms with Crippen molar-refractivity contribution in [3.05, 3.63) is 53.8 Å². The van der Waals surface area contributed by atoms with Gasteiger partial charge in [0.2, 0.25) is 0 Å². The number of hydrogen-bond acceptors (Lipinski definition) is 6. The molecule has 11 heteroatoms. The highest BCUT2D eigenvalue weighted by Gasteiger charge is 2.09. The second kappa shape index (κ2) is 8.46. The fourth-order valence-electron chi connectivity index (χ4n) is 2.82. The largest absolute Gasteiger partial charge is 0.337 e. The third kappa shape index (κ3) is 4.54. The van der Waals surface area contributed by atoms with E-state index in [0.717, 1.165) is 11.1 Å². The topological polar surface area (TPSA) is 115 Å². The highest BCUT2D eigenvalue weighted by molar-refractivity contribution is 6.30. The predicted octanol–water partition coefficient (Wildman–Crippen LogP) is 2.98. The van der Waals surface area contributed by atoms with Gasteiger partial charge in [0.25, 0.3) is 0 Å². The van der Waals surface area contributed by atoms with Gasteiger partial charge in [-0.25, -0.2) is 9.78 Å². The van der Waals surface area contributed by atoms with E-state index in [2.05, 4.69) is 36.0 Å². The van der Waals surface area contributed by atoms with Crippen LogP contribution in [0, 0.1) is 0 Å². The Morgan fingerprint density at radius 3 is 2.83 bits per heavy atom. The van der Waals surface area contributed by atoms with Crippen LogP contribution in [0.4, 0.5) is 10.6 Å². The van der Waals surface area contributed by atoms with Crippen molar-refractivity contribution in [1.82, 2.24) is 39.9 Å². The molecule has 4 heterocycles. The number of amides is 2. The van der Waals surface area contributed by atoms with E-state index in [9.17, 15) is 4.79 Å². The minimum absolute atomic E-state index is 0.146. The van der Waals surface area contributed by atoms with Crippen molar-refractivity contribution in [2.45, 2.75) is 26.3 Å². The predicted molar refractivity (Wildman–Crippen MR) is 112 cm³/mol. The quantitative estimate of drug-likeness (QED) is 0.490. The molecule has 0 unspecified atom stereocenters. The van der Waals surface area contributed by atoms with Crippen LogP contribution in [0.25, 0.3) is 16.8 Å². The Balaban J connectivity index is 1.36. The molecule has 0 aliphatic carbocycles. The molecular formula is C19H20ClN9O. The molecule has 30 heavy (non-hydrogen) atoms. The number of hydrogen-bond donors (Lipinski definition) is 2. The number of urea groups is 1. The van der Waals surface area contributed by atoms with Gasteiger partial charge in [-0.15, -0.1) is 10.2 Å². The van der Waals surface area contributed by atoms with E-state index in [1.165, 1.54) is 0 Å². The van der Waals surface area contributed by atoms with E-state index in [1.807, 2.05) is 42.6 Å². The molecule has 10 nitrogen and oxygen atoms in total. The normalized spacial score (nSPS) is 11.2. The maximum atomic E-state index is 12.2. The lowest BCUT2D eigenvalue weighted by molar-refractivity contribution is 0.252. The number of carbonyl (C=O) groups excluding carboxylic acids is 1. The van der Waals surface area contributed by atoms with E-state index < -0.39 is 0 Å². The molecule has 2 N–H and O–H groups in total. The van der Waals surface area contributed by atoms with Crippen LogP contribution in [0.5, 0.6) is 0 Å². The summed E-state index contributed by atoms with van der Waals surface area (Å²) in [6.45, 7) is 4.33. The van der Waals surface area contributed by atoms with Crippen LogP contribution >= 0.6 is 11.6 Å². The fourth-order valence-corrected chi connectivity index (χ4v) is 2.99.